The van der Waals surface area contributed by atoms with Gasteiger partial charge in [0.2, 0.25) is 0 Å². The lowest BCUT2D eigenvalue weighted by molar-refractivity contribution is 0.0574. The number of hydrogen-bond acceptors (Lipinski definition) is 5. The van der Waals surface area contributed by atoms with Crippen LogP contribution in [0.5, 0.6) is 0 Å². The molecule has 0 radical (unpaired) electrons. The molecule has 1 aromatic rings. The SMILES string of the molecule is COC(=O)c1cc2c(cn1)CCN2C(=O)OC(C)(C)C. The van der Waals surface area contributed by atoms with Gasteiger partial charge in [-0.3, -0.25) is 4.90 Å². The molecule has 1 aliphatic heterocycles. The van der Waals surface area contributed by atoms with E-state index in [1.807, 2.05) is 20.8 Å². The van der Waals surface area contributed by atoms with Gasteiger partial charge >= 0.3 is 12.1 Å². The average Bonchev–Trinajstić information content (AvgIpc) is 2.78. The summed E-state index contributed by atoms with van der Waals surface area (Å²) in [6.07, 6.45) is 1.88. The molecule has 0 aromatic carbocycles. The van der Waals surface area contributed by atoms with Crippen LogP contribution in [0.2, 0.25) is 0 Å². The second kappa shape index (κ2) is 5.11. The van der Waals surface area contributed by atoms with Crippen LogP contribution in [0.15, 0.2) is 12.3 Å². The molecule has 1 aliphatic rings. The number of carbonyl (C=O) groups is 2. The van der Waals surface area contributed by atoms with Crippen molar-refractivity contribution >= 4 is 17.7 Å². The van der Waals surface area contributed by atoms with Crippen LogP contribution in [0.4, 0.5) is 10.5 Å². The highest BCUT2D eigenvalue weighted by atomic mass is 16.6. The zero-order valence-corrected chi connectivity index (χ0v) is 12.1. The smallest absolute Gasteiger partial charge is 0.414 e. The van der Waals surface area contributed by atoms with E-state index in [4.69, 9.17) is 4.74 Å². The van der Waals surface area contributed by atoms with Crippen molar-refractivity contribution in [1.29, 1.82) is 0 Å². The number of rotatable bonds is 1. The van der Waals surface area contributed by atoms with E-state index in [2.05, 4.69) is 9.72 Å². The summed E-state index contributed by atoms with van der Waals surface area (Å²) in [6.45, 7) is 5.97. The second-order valence-electron chi connectivity index (χ2n) is 5.57. The number of amides is 1. The predicted molar refractivity (Wildman–Crippen MR) is 72.9 cm³/mol. The Labute approximate surface area is 117 Å². The molecule has 0 saturated heterocycles. The fraction of sp³-hybridized carbons (Fsp3) is 0.500. The number of carbonyl (C=O) groups excluding carboxylic acids is 2. The van der Waals surface area contributed by atoms with Crippen molar-refractivity contribution in [2.75, 3.05) is 18.6 Å². The Kier molecular flexibility index (Phi) is 3.65. The first-order valence-electron chi connectivity index (χ1n) is 6.39. The molecule has 1 aromatic heterocycles. The van der Waals surface area contributed by atoms with Gasteiger partial charge in [-0.15, -0.1) is 0 Å². The number of methoxy groups -OCH3 is 1. The first-order chi connectivity index (χ1) is 9.31. The fourth-order valence-electron chi connectivity index (χ4n) is 1.99. The van der Waals surface area contributed by atoms with Crippen molar-refractivity contribution in [1.82, 2.24) is 4.98 Å². The largest absolute Gasteiger partial charge is 0.464 e. The average molecular weight is 278 g/mol. The summed E-state index contributed by atoms with van der Waals surface area (Å²) in [7, 11) is 1.29. The zero-order chi connectivity index (χ0) is 14.9. The quantitative estimate of drug-likeness (QED) is 0.736. The number of aromatic nitrogens is 1. The third kappa shape index (κ3) is 2.89. The minimum absolute atomic E-state index is 0.182. The number of fused-ring (bicyclic) bond motifs is 1. The molecule has 6 nitrogen and oxygen atoms in total. The molecular formula is C14H18N2O4. The third-order valence-corrected chi connectivity index (χ3v) is 2.87. The van der Waals surface area contributed by atoms with Gasteiger partial charge in [-0.25, -0.2) is 14.6 Å². The van der Waals surface area contributed by atoms with Crippen LogP contribution in [0.3, 0.4) is 0 Å². The van der Waals surface area contributed by atoms with Gasteiger partial charge in [0, 0.05) is 12.7 Å². The second-order valence-corrected chi connectivity index (χ2v) is 5.57. The normalized spacial score (nSPS) is 13.9. The summed E-state index contributed by atoms with van der Waals surface area (Å²) >= 11 is 0. The van der Waals surface area contributed by atoms with E-state index in [1.54, 1.807) is 12.3 Å². The minimum atomic E-state index is -0.557. The van der Waals surface area contributed by atoms with Crippen LogP contribution in [-0.4, -0.2) is 36.3 Å². The van der Waals surface area contributed by atoms with Gasteiger partial charge in [-0.2, -0.15) is 0 Å². The standard InChI is InChI=1S/C14H18N2O4/c1-14(2,3)20-13(18)16-6-5-9-8-15-10(7-11(9)16)12(17)19-4/h7-8H,5-6H2,1-4H3. The molecule has 0 atom stereocenters. The maximum atomic E-state index is 12.1. The zero-order valence-electron chi connectivity index (χ0n) is 12.1. The Morgan fingerprint density at radius 2 is 2.05 bits per heavy atom. The van der Waals surface area contributed by atoms with E-state index in [1.165, 1.54) is 12.0 Å². The van der Waals surface area contributed by atoms with Crippen molar-refractivity contribution in [2.45, 2.75) is 32.8 Å². The Morgan fingerprint density at radius 3 is 2.65 bits per heavy atom. The van der Waals surface area contributed by atoms with Crippen LogP contribution >= 0.6 is 0 Å². The van der Waals surface area contributed by atoms with E-state index in [-0.39, 0.29) is 5.69 Å². The van der Waals surface area contributed by atoms with Gasteiger partial charge in [0.05, 0.1) is 12.8 Å². The molecule has 6 heteroatoms. The van der Waals surface area contributed by atoms with Gasteiger partial charge in [-0.05, 0) is 38.8 Å². The molecule has 0 N–H and O–H groups in total. The topological polar surface area (TPSA) is 68.7 Å². The van der Waals surface area contributed by atoms with E-state index in [9.17, 15) is 9.59 Å². The molecule has 2 heterocycles. The molecule has 0 saturated carbocycles. The highest BCUT2D eigenvalue weighted by molar-refractivity contribution is 5.94. The molecule has 0 unspecified atom stereocenters. The van der Waals surface area contributed by atoms with Crippen molar-refractivity contribution in [3.8, 4) is 0 Å². The number of hydrogen-bond donors (Lipinski definition) is 0. The van der Waals surface area contributed by atoms with Crippen LogP contribution in [0.1, 0.15) is 36.8 Å². The van der Waals surface area contributed by atoms with Gasteiger partial charge in [0.15, 0.2) is 0 Å². The van der Waals surface area contributed by atoms with Crippen LogP contribution in [0.25, 0.3) is 0 Å². The molecule has 2 rings (SSSR count). The molecule has 0 bridgehead atoms. The number of pyridine rings is 1. The van der Waals surface area contributed by atoms with Crippen molar-refractivity contribution < 1.29 is 19.1 Å². The van der Waals surface area contributed by atoms with E-state index in [0.29, 0.717) is 18.7 Å². The molecule has 108 valence electrons. The summed E-state index contributed by atoms with van der Waals surface area (Å²) in [5, 5.41) is 0. The summed E-state index contributed by atoms with van der Waals surface area (Å²) < 4.78 is 9.99. The molecule has 1 amide bonds. The Bertz CT molecular complexity index is 549. The van der Waals surface area contributed by atoms with Gasteiger partial charge in [0.1, 0.15) is 11.3 Å². The van der Waals surface area contributed by atoms with E-state index < -0.39 is 17.7 Å². The lowest BCUT2D eigenvalue weighted by atomic mass is 10.2. The minimum Gasteiger partial charge on any atom is -0.464 e. The summed E-state index contributed by atoms with van der Waals surface area (Å²) in [5.41, 5.74) is 1.21. The van der Waals surface area contributed by atoms with E-state index >= 15 is 0 Å². The number of ether oxygens (including phenoxy) is 2. The lowest BCUT2D eigenvalue weighted by Gasteiger charge is -2.24. The molecular weight excluding hydrogens is 260 g/mol. The van der Waals surface area contributed by atoms with Gasteiger partial charge in [0.25, 0.3) is 0 Å². The van der Waals surface area contributed by atoms with Crippen molar-refractivity contribution in [3.63, 3.8) is 0 Å². The molecule has 0 fully saturated rings. The van der Waals surface area contributed by atoms with Gasteiger partial charge < -0.3 is 9.47 Å². The fourth-order valence-corrected chi connectivity index (χ4v) is 1.99. The number of esters is 1. The van der Waals surface area contributed by atoms with Crippen molar-refractivity contribution in [3.05, 3.63) is 23.5 Å². The van der Waals surface area contributed by atoms with Crippen LogP contribution in [-0.2, 0) is 15.9 Å². The van der Waals surface area contributed by atoms with E-state index in [0.717, 1.165) is 5.56 Å². The summed E-state index contributed by atoms with van der Waals surface area (Å²) in [6, 6.07) is 1.57. The first kappa shape index (κ1) is 14.3. The predicted octanol–water partition coefficient (Wildman–Crippen LogP) is 2.17. The number of nitrogens with zero attached hydrogens (tertiary/aromatic N) is 2. The van der Waals surface area contributed by atoms with Crippen molar-refractivity contribution in [2.24, 2.45) is 0 Å². The monoisotopic (exact) mass is 278 g/mol. The van der Waals surface area contributed by atoms with Crippen LogP contribution < -0.4 is 4.90 Å². The molecule has 0 spiro atoms. The lowest BCUT2D eigenvalue weighted by Crippen LogP contribution is -2.35. The summed E-state index contributed by atoms with van der Waals surface area (Å²) in [4.78, 5) is 29.2. The Hall–Kier alpha value is -2.11. The van der Waals surface area contributed by atoms with Crippen LogP contribution in [0, 0.1) is 0 Å². The van der Waals surface area contributed by atoms with Gasteiger partial charge in [-0.1, -0.05) is 0 Å². The Balaban J connectivity index is 2.27. The maximum absolute atomic E-state index is 12.1. The summed E-state index contributed by atoms with van der Waals surface area (Å²) in [5.74, 6) is -0.524. The molecule has 0 aliphatic carbocycles. The molecule has 20 heavy (non-hydrogen) atoms. The first-order valence-corrected chi connectivity index (χ1v) is 6.39. The third-order valence-electron chi connectivity index (χ3n) is 2.87. The maximum Gasteiger partial charge on any atom is 0.414 e. The Morgan fingerprint density at radius 1 is 1.35 bits per heavy atom. The highest BCUT2D eigenvalue weighted by Crippen LogP contribution is 2.29. The number of anilines is 1. The highest BCUT2D eigenvalue weighted by Gasteiger charge is 2.30.